The van der Waals surface area contributed by atoms with E-state index in [1.165, 1.54) is 0 Å². The van der Waals surface area contributed by atoms with Crippen molar-refractivity contribution in [1.82, 2.24) is 20.0 Å². The third-order valence-electron chi connectivity index (χ3n) is 3.54. The molecule has 1 aromatic heterocycles. The Kier molecular flexibility index (Phi) is 5.36. The van der Waals surface area contributed by atoms with Gasteiger partial charge in [-0.3, -0.25) is 9.58 Å². The zero-order chi connectivity index (χ0) is 13.7. The molecule has 1 saturated heterocycles. The van der Waals surface area contributed by atoms with Crippen LogP contribution in [0.15, 0.2) is 12.3 Å². The first-order valence-corrected chi connectivity index (χ1v) is 7.27. The molecular weight excluding hydrogens is 240 g/mol. The van der Waals surface area contributed by atoms with Crippen LogP contribution in [0.3, 0.4) is 0 Å². The number of rotatable bonds is 6. The number of hydrogen-bond acceptors (Lipinski definition) is 4. The second kappa shape index (κ2) is 7.03. The lowest BCUT2D eigenvalue weighted by Crippen LogP contribution is -2.49. The molecule has 0 radical (unpaired) electrons. The molecule has 0 amide bonds. The van der Waals surface area contributed by atoms with Crippen molar-refractivity contribution >= 4 is 0 Å². The van der Waals surface area contributed by atoms with E-state index >= 15 is 0 Å². The fourth-order valence-electron chi connectivity index (χ4n) is 2.35. The Bertz CT molecular complexity index is 377. The van der Waals surface area contributed by atoms with E-state index in [0.29, 0.717) is 12.1 Å². The van der Waals surface area contributed by atoms with Gasteiger partial charge in [0.05, 0.1) is 18.9 Å². The number of likely N-dealkylation sites (N-methyl/N-ethyl adjacent to an activating group) is 1. The number of hydrogen-bond donors (Lipinski definition) is 1. The zero-order valence-corrected chi connectivity index (χ0v) is 12.3. The molecule has 19 heavy (non-hydrogen) atoms. The smallest absolute Gasteiger partial charge is 0.0765 e. The quantitative estimate of drug-likeness (QED) is 0.842. The Morgan fingerprint density at radius 3 is 3.05 bits per heavy atom. The van der Waals surface area contributed by atoms with E-state index in [1.807, 2.05) is 4.68 Å². The first-order chi connectivity index (χ1) is 9.20. The predicted molar refractivity (Wildman–Crippen MR) is 76.2 cm³/mol. The molecule has 2 rings (SSSR count). The lowest BCUT2D eigenvalue weighted by molar-refractivity contribution is -0.0113. The van der Waals surface area contributed by atoms with Crippen molar-refractivity contribution in [2.45, 2.75) is 39.4 Å². The van der Waals surface area contributed by atoms with Crippen molar-refractivity contribution in [3.63, 3.8) is 0 Å². The first kappa shape index (κ1) is 14.5. The molecule has 1 N–H and O–H groups in total. The molecule has 108 valence electrons. The van der Waals surface area contributed by atoms with Crippen LogP contribution in [0.4, 0.5) is 0 Å². The minimum Gasteiger partial charge on any atom is -0.378 e. The van der Waals surface area contributed by atoms with Crippen LogP contribution in [-0.4, -0.2) is 53.6 Å². The second-order valence-electron chi connectivity index (χ2n) is 5.39. The number of ether oxygens (including phenoxy) is 1. The maximum atomic E-state index is 5.58. The lowest BCUT2D eigenvalue weighted by Gasteiger charge is -2.35. The van der Waals surface area contributed by atoms with E-state index in [9.17, 15) is 0 Å². The Morgan fingerprint density at radius 2 is 2.37 bits per heavy atom. The van der Waals surface area contributed by atoms with Gasteiger partial charge in [-0.2, -0.15) is 5.10 Å². The summed E-state index contributed by atoms with van der Waals surface area (Å²) in [6, 6.07) is 3.01. The van der Waals surface area contributed by atoms with Crippen LogP contribution in [0.5, 0.6) is 0 Å². The second-order valence-corrected chi connectivity index (χ2v) is 5.39. The van der Waals surface area contributed by atoms with E-state index in [1.54, 1.807) is 0 Å². The summed E-state index contributed by atoms with van der Waals surface area (Å²) in [5, 5.41) is 8.04. The van der Waals surface area contributed by atoms with Crippen LogP contribution in [0, 0.1) is 0 Å². The molecular formula is C14H26N4O. The van der Waals surface area contributed by atoms with Crippen molar-refractivity contribution in [1.29, 1.82) is 0 Å². The standard InChI is InChI=1S/C14H26N4O/c1-4-15-9-14-11-19-8-7-17(14)10-13-5-6-18(16-13)12(2)3/h5-6,12,14-15H,4,7-11H2,1-3H3. The summed E-state index contributed by atoms with van der Waals surface area (Å²) in [5.74, 6) is 0. The molecule has 1 atom stereocenters. The van der Waals surface area contributed by atoms with Gasteiger partial charge in [-0.25, -0.2) is 0 Å². The largest absolute Gasteiger partial charge is 0.378 e. The molecule has 0 aliphatic carbocycles. The SMILES string of the molecule is CCNCC1COCCN1Cc1ccn(C(C)C)n1. The van der Waals surface area contributed by atoms with Crippen molar-refractivity contribution < 1.29 is 4.74 Å². The van der Waals surface area contributed by atoms with Gasteiger partial charge in [0.25, 0.3) is 0 Å². The third-order valence-corrected chi connectivity index (χ3v) is 3.54. The summed E-state index contributed by atoms with van der Waals surface area (Å²) in [6.07, 6.45) is 2.07. The Hall–Kier alpha value is -0.910. The average molecular weight is 266 g/mol. The van der Waals surface area contributed by atoms with Crippen LogP contribution >= 0.6 is 0 Å². The van der Waals surface area contributed by atoms with E-state index in [2.05, 4.69) is 48.3 Å². The van der Waals surface area contributed by atoms with Gasteiger partial charge in [-0.1, -0.05) is 6.92 Å². The van der Waals surface area contributed by atoms with Gasteiger partial charge >= 0.3 is 0 Å². The van der Waals surface area contributed by atoms with Gasteiger partial charge in [-0.15, -0.1) is 0 Å². The molecule has 5 nitrogen and oxygen atoms in total. The van der Waals surface area contributed by atoms with Gasteiger partial charge in [-0.05, 0) is 26.5 Å². The normalized spacial score (nSPS) is 21.2. The third kappa shape index (κ3) is 4.03. The van der Waals surface area contributed by atoms with Crippen molar-refractivity contribution in [3.05, 3.63) is 18.0 Å². The summed E-state index contributed by atoms with van der Waals surface area (Å²) >= 11 is 0. The summed E-state index contributed by atoms with van der Waals surface area (Å²) in [5.41, 5.74) is 1.15. The molecule has 1 unspecified atom stereocenters. The summed E-state index contributed by atoms with van der Waals surface area (Å²) in [6.45, 7) is 12.0. The maximum absolute atomic E-state index is 5.58. The Labute approximate surface area is 115 Å². The highest BCUT2D eigenvalue weighted by Crippen LogP contribution is 2.12. The van der Waals surface area contributed by atoms with Crippen LogP contribution in [0.2, 0.25) is 0 Å². The maximum Gasteiger partial charge on any atom is 0.0765 e. The molecule has 5 heteroatoms. The molecule has 1 aromatic rings. The number of nitrogens with zero attached hydrogens (tertiary/aromatic N) is 3. The molecule has 1 aliphatic heterocycles. The van der Waals surface area contributed by atoms with E-state index in [0.717, 1.165) is 45.1 Å². The molecule has 0 aromatic carbocycles. The van der Waals surface area contributed by atoms with Gasteiger partial charge in [0, 0.05) is 37.9 Å². The fourth-order valence-corrected chi connectivity index (χ4v) is 2.35. The molecule has 0 saturated carbocycles. The fraction of sp³-hybridized carbons (Fsp3) is 0.786. The van der Waals surface area contributed by atoms with Crippen molar-refractivity contribution in [2.24, 2.45) is 0 Å². The van der Waals surface area contributed by atoms with Gasteiger partial charge in [0.1, 0.15) is 0 Å². The monoisotopic (exact) mass is 266 g/mol. The van der Waals surface area contributed by atoms with E-state index in [4.69, 9.17) is 4.74 Å². The lowest BCUT2D eigenvalue weighted by atomic mass is 10.2. The predicted octanol–water partition coefficient (Wildman–Crippen LogP) is 1.27. The molecule has 1 aliphatic rings. The summed E-state index contributed by atoms with van der Waals surface area (Å²) in [7, 11) is 0. The Morgan fingerprint density at radius 1 is 1.53 bits per heavy atom. The number of nitrogens with one attached hydrogen (secondary N) is 1. The molecule has 2 heterocycles. The summed E-state index contributed by atoms with van der Waals surface area (Å²) < 4.78 is 7.61. The highest BCUT2D eigenvalue weighted by molar-refractivity contribution is 5.00. The topological polar surface area (TPSA) is 42.3 Å². The molecule has 0 spiro atoms. The van der Waals surface area contributed by atoms with Crippen LogP contribution < -0.4 is 5.32 Å². The van der Waals surface area contributed by atoms with E-state index < -0.39 is 0 Å². The summed E-state index contributed by atoms with van der Waals surface area (Å²) in [4.78, 5) is 2.47. The van der Waals surface area contributed by atoms with Crippen molar-refractivity contribution in [2.75, 3.05) is 32.8 Å². The van der Waals surface area contributed by atoms with Crippen molar-refractivity contribution in [3.8, 4) is 0 Å². The number of morpholine rings is 1. The van der Waals surface area contributed by atoms with Crippen LogP contribution in [-0.2, 0) is 11.3 Å². The zero-order valence-electron chi connectivity index (χ0n) is 12.3. The van der Waals surface area contributed by atoms with Gasteiger partial charge in [0.2, 0.25) is 0 Å². The highest BCUT2D eigenvalue weighted by atomic mass is 16.5. The van der Waals surface area contributed by atoms with E-state index in [-0.39, 0.29) is 0 Å². The van der Waals surface area contributed by atoms with Crippen LogP contribution in [0.25, 0.3) is 0 Å². The molecule has 0 bridgehead atoms. The van der Waals surface area contributed by atoms with Gasteiger partial charge in [0.15, 0.2) is 0 Å². The minimum atomic E-state index is 0.427. The first-order valence-electron chi connectivity index (χ1n) is 7.27. The Balaban J connectivity index is 1.94. The van der Waals surface area contributed by atoms with Gasteiger partial charge < -0.3 is 10.1 Å². The highest BCUT2D eigenvalue weighted by Gasteiger charge is 2.23. The number of aromatic nitrogens is 2. The van der Waals surface area contributed by atoms with Crippen LogP contribution in [0.1, 0.15) is 32.5 Å². The minimum absolute atomic E-state index is 0.427. The average Bonchev–Trinajstić information content (AvgIpc) is 2.86. The molecule has 1 fully saturated rings.